The lowest BCUT2D eigenvalue weighted by molar-refractivity contribution is 0.0936. The Morgan fingerprint density at radius 3 is 2.46 bits per heavy atom. The van der Waals surface area contributed by atoms with Gasteiger partial charge in [0.1, 0.15) is 16.5 Å². The summed E-state index contributed by atoms with van der Waals surface area (Å²) in [5.74, 6) is -0.384. The number of halogens is 3. The first kappa shape index (κ1) is 29.5. The summed E-state index contributed by atoms with van der Waals surface area (Å²) in [5.41, 5.74) is 1.14. The van der Waals surface area contributed by atoms with Gasteiger partial charge >= 0.3 is 0 Å². The van der Waals surface area contributed by atoms with Crippen LogP contribution in [0.2, 0.25) is 5.02 Å². The van der Waals surface area contributed by atoms with Gasteiger partial charge in [-0.15, -0.1) is 0 Å². The van der Waals surface area contributed by atoms with E-state index in [4.69, 9.17) is 16.3 Å². The fourth-order valence-corrected chi connectivity index (χ4v) is 7.79. The van der Waals surface area contributed by atoms with Crippen molar-refractivity contribution in [1.82, 2.24) is 9.62 Å². The minimum Gasteiger partial charge on any atom is -0.495 e. The van der Waals surface area contributed by atoms with E-state index in [0.717, 1.165) is 16.5 Å². The van der Waals surface area contributed by atoms with Crippen LogP contribution in [0.15, 0.2) is 70.0 Å². The van der Waals surface area contributed by atoms with Gasteiger partial charge in [-0.05, 0) is 60.2 Å². The number of methoxy groups -OCH3 is 1. The Morgan fingerprint density at radius 1 is 1.13 bits per heavy atom. The minimum atomic E-state index is -3.92. The number of rotatable bonds is 8. The molecule has 1 N–H and O–H groups in total. The number of sulfonamides is 1. The first-order valence-corrected chi connectivity index (χ1v) is 15.3. The fraction of sp³-hybridized carbons (Fsp3) is 0.345. The molecule has 0 aromatic heterocycles. The number of hydrogen-bond donors (Lipinski definition) is 1. The van der Waals surface area contributed by atoms with Gasteiger partial charge in [0.2, 0.25) is 10.0 Å². The molecule has 1 aliphatic rings. The molecule has 3 atom stereocenters. The molecule has 10 heteroatoms. The van der Waals surface area contributed by atoms with E-state index in [1.807, 2.05) is 38.1 Å². The zero-order valence-electron chi connectivity index (χ0n) is 22.0. The number of carbonyl (C=O) groups is 1. The lowest BCUT2D eigenvalue weighted by Crippen LogP contribution is -2.42. The number of benzene rings is 3. The molecule has 0 saturated carbocycles. The van der Waals surface area contributed by atoms with E-state index in [2.05, 4.69) is 21.2 Å². The standard InChI is InChI=1S/C29H31BrClFN2O4S/c1-18-13-19(2)17-34(16-18)39(36,37)28-14-20(11-12-27(28)38-3)29(35)33-26(21-7-4-5-8-23(21)30)15-22-24(31)9-6-10-25(22)32/h4-12,14,18-19,26H,13,15-17H2,1-3H3,(H,33,35). The number of piperidine rings is 1. The quantitative estimate of drug-likeness (QED) is 0.301. The molecule has 39 heavy (non-hydrogen) atoms. The number of nitrogens with one attached hydrogen (secondary N) is 1. The molecule has 0 spiro atoms. The van der Waals surface area contributed by atoms with Gasteiger partial charge in [-0.1, -0.05) is 65.6 Å². The molecule has 0 bridgehead atoms. The van der Waals surface area contributed by atoms with Crippen LogP contribution in [0.5, 0.6) is 5.75 Å². The molecule has 1 fully saturated rings. The summed E-state index contributed by atoms with van der Waals surface area (Å²) in [6.45, 7) is 4.87. The Balaban J connectivity index is 1.69. The van der Waals surface area contributed by atoms with Crippen LogP contribution in [0.3, 0.4) is 0 Å². The number of amides is 1. The number of nitrogens with zero attached hydrogens (tertiary/aromatic N) is 1. The van der Waals surface area contributed by atoms with Gasteiger partial charge in [0.25, 0.3) is 5.91 Å². The molecule has 1 saturated heterocycles. The molecule has 0 radical (unpaired) electrons. The third kappa shape index (κ3) is 6.65. The van der Waals surface area contributed by atoms with Crippen molar-refractivity contribution in [3.05, 3.63) is 92.7 Å². The smallest absolute Gasteiger partial charge is 0.251 e. The zero-order valence-corrected chi connectivity index (χ0v) is 25.1. The van der Waals surface area contributed by atoms with Crippen molar-refractivity contribution in [2.24, 2.45) is 11.8 Å². The lowest BCUT2D eigenvalue weighted by atomic mass is 9.94. The van der Waals surface area contributed by atoms with Crippen LogP contribution >= 0.6 is 27.5 Å². The molecular formula is C29H31BrClFN2O4S. The minimum absolute atomic E-state index is 0.0615. The monoisotopic (exact) mass is 636 g/mol. The molecule has 1 heterocycles. The van der Waals surface area contributed by atoms with E-state index in [9.17, 15) is 17.6 Å². The van der Waals surface area contributed by atoms with Crippen LogP contribution < -0.4 is 10.1 Å². The van der Waals surface area contributed by atoms with E-state index in [1.54, 1.807) is 6.07 Å². The van der Waals surface area contributed by atoms with Crippen molar-refractivity contribution in [2.75, 3.05) is 20.2 Å². The summed E-state index contributed by atoms with van der Waals surface area (Å²) >= 11 is 9.83. The summed E-state index contributed by atoms with van der Waals surface area (Å²) in [6, 6.07) is 15.5. The van der Waals surface area contributed by atoms with Crippen LogP contribution in [0.1, 0.15) is 47.8 Å². The summed E-state index contributed by atoms with van der Waals surface area (Å²) in [4.78, 5) is 13.5. The zero-order chi connectivity index (χ0) is 28.3. The highest BCUT2D eigenvalue weighted by Gasteiger charge is 2.34. The number of hydrogen-bond acceptors (Lipinski definition) is 4. The van der Waals surface area contributed by atoms with Gasteiger partial charge in [0.15, 0.2) is 0 Å². The number of carbonyl (C=O) groups excluding carboxylic acids is 1. The predicted octanol–water partition coefficient (Wildman–Crippen LogP) is 6.63. The maximum absolute atomic E-state index is 14.7. The molecule has 6 nitrogen and oxygen atoms in total. The maximum Gasteiger partial charge on any atom is 0.251 e. The van der Waals surface area contributed by atoms with Gasteiger partial charge in [-0.2, -0.15) is 4.31 Å². The van der Waals surface area contributed by atoms with Gasteiger partial charge < -0.3 is 10.1 Å². The predicted molar refractivity (Wildman–Crippen MR) is 154 cm³/mol. The summed E-state index contributed by atoms with van der Waals surface area (Å²) in [6.07, 6.45) is 1.04. The third-order valence-corrected chi connectivity index (χ3v) is 9.86. The second-order valence-corrected chi connectivity index (χ2v) is 13.3. The van der Waals surface area contributed by atoms with Crippen molar-refractivity contribution in [3.63, 3.8) is 0 Å². The highest BCUT2D eigenvalue weighted by molar-refractivity contribution is 9.10. The fourth-order valence-electron chi connectivity index (χ4n) is 5.13. The lowest BCUT2D eigenvalue weighted by Gasteiger charge is -2.34. The molecule has 1 aliphatic heterocycles. The van der Waals surface area contributed by atoms with Crippen molar-refractivity contribution in [3.8, 4) is 5.75 Å². The Morgan fingerprint density at radius 2 is 1.82 bits per heavy atom. The SMILES string of the molecule is COc1ccc(C(=O)NC(Cc2c(F)cccc2Cl)c2ccccc2Br)cc1S(=O)(=O)N1CC(C)CC(C)C1. The van der Waals surface area contributed by atoms with Crippen molar-refractivity contribution < 1.29 is 22.3 Å². The molecular weight excluding hydrogens is 607 g/mol. The van der Waals surface area contributed by atoms with Gasteiger partial charge in [0.05, 0.1) is 13.2 Å². The Hall–Kier alpha value is -2.46. The average Bonchev–Trinajstić information content (AvgIpc) is 2.89. The number of ether oxygens (including phenoxy) is 1. The van der Waals surface area contributed by atoms with Crippen LogP contribution in [-0.4, -0.2) is 38.8 Å². The summed E-state index contributed by atoms with van der Waals surface area (Å²) < 4.78 is 49.7. The Bertz CT molecular complexity index is 1440. The van der Waals surface area contributed by atoms with Gasteiger partial charge in [-0.25, -0.2) is 12.8 Å². The normalized spacial score (nSPS) is 18.9. The van der Waals surface area contributed by atoms with E-state index < -0.39 is 27.8 Å². The third-order valence-electron chi connectivity index (χ3n) is 6.93. The van der Waals surface area contributed by atoms with E-state index in [-0.39, 0.29) is 45.1 Å². The van der Waals surface area contributed by atoms with Gasteiger partial charge in [0, 0.05) is 40.1 Å². The van der Waals surface area contributed by atoms with Gasteiger partial charge in [-0.3, -0.25) is 4.79 Å². The maximum atomic E-state index is 14.7. The largest absolute Gasteiger partial charge is 0.495 e. The average molecular weight is 638 g/mol. The molecule has 1 amide bonds. The summed E-state index contributed by atoms with van der Waals surface area (Å²) in [7, 11) is -2.52. The Labute approximate surface area is 242 Å². The second-order valence-electron chi connectivity index (χ2n) is 10.1. The highest BCUT2D eigenvalue weighted by Crippen LogP contribution is 2.33. The first-order valence-electron chi connectivity index (χ1n) is 12.7. The topological polar surface area (TPSA) is 75.7 Å². The summed E-state index contributed by atoms with van der Waals surface area (Å²) in [5, 5.41) is 3.21. The molecule has 3 unspecified atom stereocenters. The molecule has 3 aromatic carbocycles. The van der Waals surface area contributed by atoms with Crippen LogP contribution in [0, 0.1) is 17.7 Å². The van der Waals surface area contributed by atoms with Crippen molar-refractivity contribution >= 4 is 43.5 Å². The molecule has 3 aromatic rings. The van der Waals surface area contributed by atoms with Crippen LogP contribution in [0.4, 0.5) is 4.39 Å². The van der Waals surface area contributed by atoms with E-state index in [0.29, 0.717) is 13.1 Å². The molecule has 4 rings (SSSR count). The Kier molecular flexibility index (Phi) is 9.37. The first-order chi connectivity index (χ1) is 18.5. The molecule has 0 aliphatic carbocycles. The highest BCUT2D eigenvalue weighted by atomic mass is 79.9. The van der Waals surface area contributed by atoms with E-state index >= 15 is 0 Å². The van der Waals surface area contributed by atoms with E-state index in [1.165, 1.54) is 41.7 Å². The van der Waals surface area contributed by atoms with Crippen LogP contribution in [-0.2, 0) is 16.4 Å². The van der Waals surface area contributed by atoms with Crippen molar-refractivity contribution in [2.45, 2.75) is 37.6 Å². The molecule has 208 valence electrons. The van der Waals surface area contributed by atoms with Crippen LogP contribution in [0.25, 0.3) is 0 Å². The van der Waals surface area contributed by atoms with Crippen molar-refractivity contribution in [1.29, 1.82) is 0 Å². The second kappa shape index (κ2) is 12.4.